The molecule has 0 aliphatic rings. The zero-order chi connectivity index (χ0) is 21.9. The van der Waals surface area contributed by atoms with Crippen molar-refractivity contribution in [3.8, 4) is 11.8 Å². The van der Waals surface area contributed by atoms with Crippen molar-refractivity contribution in [2.45, 2.75) is 33.2 Å². The monoisotopic (exact) mass is 408 g/mol. The summed E-state index contributed by atoms with van der Waals surface area (Å²) in [5, 5.41) is 12.2. The molecule has 2 aromatic carbocycles. The third kappa shape index (κ3) is 5.77. The molecule has 0 aliphatic heterocycles. The zero-order valence-corrected chi connectivity index (χ0v) is 17.9. The highest BCUT2D eigenvalue weighted by Crippen LogP contribution is 2.35. The number of carbonyl (C=O) groups excluding carboxylic acids is 1. The van der Waals surface area contributed by atoms with Gasteiger partial charge in [0.1, 0.15) is 5.75 Å². The molecule has 0 spiro atoms. The molecule has 0 radical (unpaired) electrons. The van der Waals surface area contributed by atoms with Gasteiger partial charge in [-0.2, -0.15) is 5.26 Å². The largest absolute Gasteiger partial charge is 0.501 e. The summed E-state index contributed by atoms with van der Waals surface area (Å²) in [6.45, 7) is 6.87. The van der Waals surface area contributed by atoms with Crippen LogP contribution in [0.25, 0.3) is 6.08 Å². The number of aryl methyl sites for hydroxylation is 1. The summed E-state index contributed by atoms with van der Waals surface area (Å²) >= 11 is 0. The molecule has 158 valence electrons. The predicted molar refractivity (Wildman–Crippen MR) is 117 cm³/mol. The Morgan fingerprint density at radius 2 is 1.90 bits per heavy atom. The summed E-state index contributed by atoms with van der Waals surface area (Å²) in [6, 6.07) is 12.2. The van der Waals surface area contributed by atoms with Crippen molar-refractivity contribution < 1.29 is 19.0 Å². The Morgan fingerprint density at radius 1 is 1.17 bits per heavy atom. The molecular weight excluding hydrogens is 380 g/mol. The Labute approximate surface area is 178 Å². The van der Waals surface area contributed by atoms with Crippen LogP contribution in [0, 0.1) is 11.3 Å². The SMILES string of the molecule is CCOC=Cc1cc(CC)cc(C(Nc2ccc(C#N)cc2)C(=O)OC)c1OCC. The highest BCUT2D eigenvalue weighted by atomic mass is 16.5. The maximum Gasteiger partial charge on any atom is 0.333 e. The number of anilines is 1. The summed E-state index contributed by atoms with van der Waals surface area (Å²) in [5.74, 6) is 0.163. The Hall–Kier alpha value is -3.46. The third-order valence-corrected chi connectivity index (χ3v) is 4.49. The minimum atomic E-state index is -0.782. The number of nitrogens with zero attached hydrogens (tertiary/aromatic N) is 1. The van der Waals surface area contributed by atoms with Gasteiger partial charge in [0.15, 0.2) is 6.04 Å². The van der Waals surface area contributed by atoms with Gasteiger partial charge >= 0.3 is 5.97 Å². The first-order valence-corrected chi connectivity index (χ1v) is 10.00. The second kappa shape index (κ2) is 11.5. The molecule has 1 atom stereocenters. The average Bonchev–Trinajstić information content (AvgIpc) is 2.78. The van der Waals surface area contributed by atoms with Crippen LogP contribution in [0.5, 0.6) is 5.75 Å². The number of rotatable bonds is 10. The Balaban J connectivity index is 2.57. The van der Waals surface area contributed by atoms with E-state index in [0.29, 0.717) is 35.8 Å². The van der Waals surface area contributed by atoms with E-state index in [1.807, 2.05) is 32.1 Å². The topological polar surface area (TPSA) is 80.6 Å². The second-order valence-corrected chi connectivity index (χ2v) is 6.44. The number of carbonyl (C=O) groups is 1. The van der Waals surface area contributed by atoms with Crippen LogP contribution in [0.1, 0.15) is 49.1 Å². The van der Waals surface area contributed by atoms with Gasteiger partial charge < -0.3 is 19.5 Å². The molecule has 1 N–H and O–H groups in total. The summed E-state index contributed by atoms with van der Waals surface area (Å²) < 4.78 is 16.4. The fourth-order valence-corrected chi connectivity index (χ4v) is 3.00. The molecule has 6 heteroatoms. The predicted octanol–water partition coefficient (Wildman–Crippen LogP) is 4.85. The quantitative estimate of drug-likeness (QED) is 0.447. The van der Waals surface area contributed by atoms with Gasteiger partial charge in [-0.3, -0.25) is 0 Å². The van der Waals surface area contributed by atoms with Crippen LogP contribution in [0.4, 0.5) is 5.69 Å². The Bertz CT molecular complexity index is 914. The van der Waals surface area contributed by atoms with Crippen LogP contribution in [-0.2, 0) is 20.7 Å². The highest BCUT2D eigenvalue weighted by Gasteiger charge is 2.27. The zero-order valence-electron chi connectivity index (χ0n) is 17.9. The Kier molecular flexibility index (Phi) is 8.76. The second-order valence-electron chi connectivity index (χ2n) is 6.44. The number of hydrogen-bond acceptors (Lipinski definition) is 6. The molecule has 0 saturated carbocycles. The standard InChI is InChI=1S/C24H28N2O4/c1-5-17-14-19(12-13-29-6-2)23(30-7-3)21(15-17)22(24(27)28-4)26-20-10-8-18(16-25)9-11-20/h8-15,22,26H,5-7H2,1-4H3. The van der Waals surface area contributed by atoms with Gasteiger partial charge in [-0.05, 0) is 68.3 Å². The molecule has 0 aromatic heterocycles. The lowest BCUT2D eigenvalue weighted by Gasteiger charge is -2.23. The van der Waals surface area contributed by atoms with E-state index in [1.165, 1.54) is 7.11 Å². The number of nitriles is 1. The van der Waals surface area contributed by atoms with Crippen LogP contribution in [0.15, 0.2) is 42.7 Å². The first kappa shape index (κ1) is 22.8. The fraction of sp³-hybridized carbons (Fsp3) is 0.333. The number of methoxy groups -OCH3 is 1. The van der Waals surface area contributed by atoms with Gasteiger partial charge in [0.25, 0.3) is 0 Å². The molecule has 0 heterocycles. The lowest BCUT2D eigenvalue weighted by molar-refractivity contribution is -0.141. The van der Waals surface area contributed by atoms with Crippen LogP contribution < -0.4 is 10.1 Å². The first-order valence-electron chi connectivity index (χ1n) is 10.00. The lowest BCUT2D eigenvalue weighted by Crippen LogP contribution is -2.23. The number of esters is 1. The molecule has 1 unspecified atom stereocenters. The minimum Gasteiger partial charge on any atom is -0.501 e. The fourth-order valence-electron chi connectivity index (χ4n) is 3.00. The van der Waals surface area contributed by atoms with E-state index in [2.05, 4.69) is 18.3 Å². The molecular formula is C24H28N2O4. The van der Waals surface area contributed by atoms with E-state index in [9.17, 15) is 4.79 Å². The molecule has 0 saturated heterocycles. The van der Waals surface area contributed by atoms with Crippen molar-refractivity contribution in [2.75, 3.05) is 25.6 Å². The number of nitrogens with one attached hydrogen (secondary N) is 1. The van der Waals surface area contributed by atoms with E-state index in [1.54, 1.807) is 30.5 Å². The molecule has 6 nitrogen and oxygen atoms in total. The van der Waals surface area contributed by atoms with Crippen molar-refractivity contribution in [3.05, 3.63) is 64.9 Å². The van der Waals surface area contributed by atoms with Crippen molar-refractivity contribution in [1.82, 2.24) is 0 Å². The van der Waals surface area contributed by atoms with Gasteiger partial charge in [0.2, 0.25) is 0 Å². The van der Waals surface area contributed by atoms with Gasteiger partial charge in [-0.15, -0.1) is 0 Å². The third-order valence-electron chi connectivity index (χ3n) is 4.49. The maximum atomic E-state index is 12.7. The summed E-state index contributed by atoms with van der Waals surface area (Å²) in [4.78, 5) is 12.7. The summed E-state index contributed by atoms with van der Waals surface area (Å²) in [5.41, 5.74) is 3.81. The van der Waals surface area contributed by atoms with Gasteiger partial charge in [0, 0.05) is 16.8 Å². The molecule has 30 heavy (non-hydrogen) atoms. The van der Waals surface area contributed by atoms with Gasteiger partial charge in [-0.25, -0.2) is 4.79 Å². The molecule has 0 bridgehead atoms. The average molecular weight is 408 g/mol. The van der Waals surface area contributed by atoms with Crippen molar-refractivity contribution in [3.63, 3.8) is 0 Å². The van der Waals surface area contributed by atoms with Crippen LogP contribution in [0.3, 0.4) is 0 Å². The smallest absolute Gasteiger partial charge is 0.333 e. The van der Waals surface area contributed by atoms with Gasteiger partial charge in [0.05, 0.1) is 38.2 Å². The van der Waals surface area contributed by atoms with Crippen molar-refractivity contribution in [2.24, 2.45) is 0 Å². The van der Waals surface area contributed by atoms with Crippen LogP contribution in [-0.4, -0.2) is 26.3 Å². The van der Waals surface area contributed by atoms with E-state index >= 15 is 0 Å². The minimum absolute atomic E-state index is 0.437. The first-order chi connectivity index (χ1) is 14.6. The molecule has 0 amide bonds. The van der Waals surface area contributed by atoms with Crippen molar-refractivity contribution in [1.29, 1.82) is 5.26 Å². The van der Waals surface area contributed by atoms with Crippen molar-refractivity contribution >= 4 is 17.7 Å². The lowest BCUT2D eigenvalue weighted by atomic mass is 9.96. The normalized spacial score (nSPS) is 11.6. The molecule has 0 aliphatic carbocycles. The van der Waals surface area contributed by atoms with E-state index in [-0.39, 0.29) is 0 Å². The van der Waals surface area contributed by atoms with Crippen LogP contribution >= 0.6 is 0 Å². The van der Waals surface area contributed by atoms with E-state index < -0.39 is 12.0 Å². The van der Waals surface area contributed by atoms with E-state index in [4.69, 9.17) is 19.5 Å². The summed E-state index contributed by atoms with van der Waals surface area (Å²) in [6.07, 6.45) is 4.26. The van der Waals surface area contributed by atoms with E-state index in [0.717, 1.165) is 17.5 Å². The molecule has 2 aromatic rings. The maximum absolute atomic E-state index is 12.7. The van der Waals surface area contributed by atoms with Crippen LogP contribution in [0.2, 0.25) is 0 Å². The molecule has 0 fully saturated rings. The van der Waals surface area contributed by atoms with Gasteiger partial charge in [-0.1, -0.05) is 6.92 Å². The highest BCUT2D eigenvalue weighted by molar-refractivity contribution is 5.83. The number of ether oxygens (including phenoxy) is 3. The number of hydrogen-bond donors (Lipinski definition) is 1. The number of benzene rings is 2. The molecule has 2 rings (SSSR count). The Morgan fingerprint density at radius 3 is 2.47 bits per heavy atom. The summed E-state index contributed by atoms with van der Waals surface area (Å²) in [7, 11) is 1.36.